The van der Waals surface area contributed by atoms with Crippen molar-refractivity contribution < 1.29 is 39.0 Å². The maximum Gasteiger partial charge on any atom is 0.326 e. The first-order chi connectivity index (χ1) is 13.8. The number of aliphatic carboxylic acids is 2. The quantitative estimate of drug-likeness (QED) is 0.151. The van der Waals surface area contributed by atoms with E-state index in [0.29, 0.717) is 0 Å². The molecule has 0 fully saturated rings. The Bertz CT molecular complexity index is 667. The van der Waals surface area contributed by atoms with E-state index < -0.39 is 66.7 Å². The molecule has 0 aliphatic carbocycles. The first-order valence-electron chi connectivity index (χ1n) is 9.19. The number of primary amides is 1. The second kappa shape index (κ2) is 13.1. The molecule has 13 nitrogen and oxygen atoms in total. The van der Waals surface area contributed by atoms with Gasteiger partial charge in [0.1, 0.15) is 12.1 Å². The van der Waals surface area contributed by atoms with Crippen LogP contribution in [0.5, 0.6) is 0 Å². The molecule has 0 aromatic carbocycles. The summed E-state index contributed by atoms with van der Waals surface area (Å²) in [5.41, 5.74) is 10.5. The first-order valence-corrected chi connectivity index (χ1v) is 9.19. The highest BCUT2D eigenvalue weighted by molar-refractivity contribution is 5.93. The zero-order chi connectivity index (χ0) is 23.4. The van der Waals surface area contributed by atoms with Crippen LogP contribution in [0.1, 0.15) is 39.5 Å². The molecule has 3 unspecified atom stereocenters. The summed E-state index contributed by atoms with van der Waals surface area (Å²) in [6, 6.07) is -3.79. The van der Waals surface area contributed by atoms with Crippen LogP contribution in [0.4, 0.5) is 0 Å². The van der Waals surface area contributed by atoms with E-state index in [-0.39, 0.29) is 25.2 Å². The van der Waals surface area contributed by atoms with Gasteiger partial charge in [-0.2, -0.15) is 0 Å². The van der Waals surface area contributed by atoms with Crippen LogP contribution in [0.15, 0.2) is 0 Å². The fourth-order valence-corrected chi connectivity index (χ4v) is 2.33. The average Bonchev–Trinajstić information content (AvgIpc) is 2.61. The minimum atomic E-state index is -1.55. The Kier molecular flexibility index (Phi) is 11.7. The second-order valence-electron chi connectivity index (χ2n) is 7.08. The van der Waals surface area contributed by atoms with E-state index in [2.05, 4.69) is 16.0 Å². The van der Waals surface area contributed by atoms with Gasteiger partial charge in [0.05, 0.1) is 19.0 Å². The predicted molar refractivity (Wildman–Crippen MR) is 103 cm³/mol. The van der Waals surface area contributed by atoms with E-state index in [4.69, 9.17) is 21.7 Å². The van der Waals surface area contributed by atoms with Crippen molar-refractivity contribution in [2.75, 3.05) is 6.54 Å². The van der Waals surface area contributed by atoms with Gasteiger partial charge in [0.2, 0.25) is 23.6 Å². The van der Waals surface area contributed by atoms with Crippen molar-refractivity contribution in [1.82, 2.24) is 16.0 Å². The SMILES string of the molecule is CC(C)CC(NC(=O)CNC(=O)C(N)CCC(=O)O)C(=O)NC(CC(N)=O)C(=O)O. The normalized spacial score (nSPS) is 13.6. The molecule has 4 amide bonds. The fourth-order valence-electron chi connectivity index (χ4n) is 2.33. The van der Waals surface area contributed by atoms with E-state index in [1.807, 2.05) is 0 Å². The Labute approximate surface area is 172 Å². The van der Waals surface area contributed by atoms with Crippen LogP contribution in [-0.4, -0.2) is 70.5 Å². The van der Waals surface area contributed by atoms with Gasteiger partial charge < -0.3 is 37.6 Å². The molecular weight excluding hydrogens is 402 g/mol. The first kappa shape index (κ1) is 26.8. The minimum absolute atomic E-state index is 0.0560. The number of hydrogen-bond donors (Lipinski definition) is 7. The topological polar surface area (TPSA) is 231 Å². The van der Waals surface area contributed by atoms with Crippen LogP contribution in [0.25, 0.3) is 0 Å². The third kappa shape index (κ3) is 11.6. The molecule has 0 saturated carbocycles. The molecule has 0 aliphatic rings. The van der Waals surface area contributed by atoms with E-state index in [1.54, 1.807) is 13.8 Å². The molecule has 30 heavy (non-hydrogen) atoms. The predicted octanol–water partition coefficient (Wildman–Crippen LogP) is -2.73. The van der Waals surface area contributed by atoms with Gasteiger partial charge >= 0.3 is 11.9 Å². The van der Waals surface area contributed by atoms with Crippen LogP contribution in [0.3, 0.4) is 0 Å². The molecule has 0 heterocycles. The largest absolute Gasteiger partial charge is 0.481 e. The van der Waals surface area contributed by atoms with Crippen molar-refractivity contribution in [1.29, 1.82) is 0 Å². The molecule has 0 aromatic rings. The molecule has 13 heteroatoms. The number of carbonyl (C=O) groups excluding carboxylic acids is 4. The summed E-state index contributed by atoms with van der Waals surface area (Å²) in [5.74, 6) is -5.85. The average molecular weight is 431 g/mol. The molecule has 0 saturated heterocycles. The van der Waals surface area contributed by atoms with Crippen LogP contribution < -0.4 is 27.4 Å². The summed E-state index contributed by atoms with van der Waals surface area (Å²) >= 11 is 0. The third-order valence-electron chi connectivity index (χ3n) is 3.81. The number of carbonyl (C=O) groups is 6. The summed E-state index contributed by atoms with van der Waals surface area (Å²) in [6.45, 7) is 3.02. The molecule has 0 aliphatic heterocycles. The lowest BCUT2D eigenvalue weighted by atomic mass is 10.0. The van der Waals surface area contributed by atoms with E-state index >= 15 is 0 Å². The summed E-state index contributed by atoms with van der Waals surface area (Å²) in [6.07, 6.45) is -0.884. The molecule has 9 N–H and O–H groups in total. The molecule has 3 atom stereocenters. The number of nitrogens with two attached hydrogens (primary N) is 2. The molecule has 0 spiro atoms. The number of carboxylic acids is 2. The lowest BCUT2D eigenvalue weighted by Gasteiger charge is -2.22. The second-order valence-corrected chi connectivity index (χ2v) is 7.08. The zero-order valence-electron chi connectivity index (χ0n) is 16.8. The van der Waals surface area contributed by atoms with Crippen molar-refractivity contribution >= 4 is 35.6 Å². The number of amides is 4. The van der Waals surface area contributed by atoms with Crippen LogP contribution >= 0.6 is 0 Å². The van der Waals surface area contributed by atoms with Crippen LogP contribution in [0.2, 0.25) is 0 Å². The Hall–Kier alpha value is -3.22. The van der Waals surface area contributed by atoms with Gasteiger partial charge in [-0.25, -0.2) is 4.79 Å². The summed E-state index contributed by atoms with van der Waals surface area (Å²) in [4.78, 5) is 68.9. The van der Waals surface area contributed by atoms with Gasteiger partial charge in [0.25, 0.3) is 0 Å². The van der Waals surface area contributed by atoms with Gasteiger partial charge in [0, 0.05) is 6.42 Å². The van der Waals surface area contributed by atoms with Gasteiger partial charge in [0.15, 0.2) is 0 Å². The minimum Gasteiger partial charge on any atom is -0.481 e. The van der Waals surface area contributed by atoms with E-state index in [1.165, 1.54) is 0 Å². The Morgan fingerprint density at radius 1 is 0.933 bits per heavy atom. The number of rotatable bonds is 14. The van der Waals surface area contributed by atoms with Gasteiger partial charge in [-0.3, -0.25) is 24.0 Å². The molecule has 0 rings (SSSR count). The van der Waals surface area contributed by atoms with Crippen molar-refractivity contribution in [3.8, 4) is 0 Å². The van der Waals surface area contributed by atoms with E-state index in [9.17, 15) is 28.8 Å². The monoisotopic (exact) mass is 431 g/mol. The summed E-state index contributed by atoms with van der Waals surface area (Å²) < 4.78 is 0. The Balaban J connectivity index is 4.87. The highest BCUT2D eigenvalue weighted by Crippen LogP contribution is 2.06. The van der Waals surface area contributed by atoms with Gasteiger partial charge in [-0.15, -0.1) is 0 Å². The molecule has 0 bridgehead atoms. The highest BCUT2D eigenvalue weighted by atomic mass is 16.4. The Morgan fingerprint density at radius 3 is 2.00 bits per heavy atom. The lowest BCUT2D eigenvalue weighted by Crippen LogP contribution is -2.54. The third-order valence-corrected chi connectivity index (χ3v) is 3.81. The number of carboxylic acid groups (broad SMARTS) is 2. The van der Waals surface area contributed by atoms with Crippen LogP contribution in [0, 0.1) is 5.92 Å². The fraction of sp³-hybridized carbons (Fsp3) is 0.647. The maximum atomic E-state index is 12.4. The van der Waals surface area contributed by atoms with Crippen molar-refractivity contribution in [3.63, 3.8) is 0 Å². The maximum absolute atomic E-state index is 12.4. The lowest BCUT2D eigenvalue weighted by molar-refractivity contribution is -0.143. The standard InChI is InChI=1S/C17H29N5O8/c1-8(2)5-10(16(28)22-11(17(29)30)6-12(19)23)21-13(24)7-20-15(27)9(18)3-4-14(25)26/h8-11H,3-7,18H2,1-2H3,(H2,19,23)(H,20,27)(H,21,24)(H,22,28)(H,25,26)(H,29,30). The van der Waals surface area contributed by atoms with Gasteiger partial charge in [-0.05, 0) is 18.8 Å². The van der Waals surface area contributed by atoms with Crippen molar-refractivity contribution in [2.24, 2.45) is 17.4 Å². The van der Waals surface area contributed by atoms with Crippen molar-refractivity contribution in [3.05, 3.63) is 0 Å². The molecule has 0 aromatic heterocycles. The highest BCUT2D eigenvalue weighted by Gasteiger charge is 2.28. The van der Waals surface area contributed by atoms with Crippen molar-refractivity contribution in [2.45, 2.75) is 57.7 Å². The molecule has 170 valence electrons. The molecule has 0 radical (unpaired) electrons. The number of nitrogens with one attached hydrogen (secondary N) is 3. The molecular formula is C17H29N5O8. The van der Waals surface area contributed by atoms with Gasteiger partial charge in [-0.1, -0.05) is 13.8 Å². The van der Waals surface area contributed by atoms with E-state index in [0.717, 1.165) is 0 Å². The van der Waals surface area contributed by atoms with Crippen LogP contribution in [-0.2, 0) is 28.8 Å². The summed E-state index contributed by atoms with van der Waals surface area (Å²) in [7, 11) is 0. The Morgan fingerprint density at radius 2 is 1.53 bits per heavy atom. The number of hydrogen-bond acceptors (Lipinski definition) is 7. The summed E-state index contributed by atoms with van der Waals surface area (Å²) in [5, 5.41) is 24.4. The zero-order valence-corrected chi connectivity index (χ0v) is 16.8. The smallest absolute Gasteiger partial charge is 0.326 e.